The lowest BCUT2D eigenvalue weighted by Gasteiger charge is -2.28. The maximum absolute atomic E-state index is 4.08. The lowest BCUT2D eigenvalue weighted by Crippen LogP contribution is -2.18. The van der Waals surface area contributed by atoms with Crippen LogP contribution in [0.3, 0.4) is 0 Å². The lowest BCUT2D eigenvalue weighted by molar-refractivity contribution is 0.521. The second kappa shape index (κ2) is 21.5. The quantitative estimate of drug-likeness (QED) is 0.185. The summed E-state index contributed by atoms with van der Waals surface area (Å²) in [7, 11) is 0. The topological polar surface area (TPSA) is 0 Å². The molecule has 4 aromatic carbocycles. The molecular weight excluding hydrogens is 649 g/mol. The predicted molar refractivity (Wildman–Crippen MR) is 245 cm³/mol. The minimum atomic E-state index is 0.132. The summed E-state index contributed by atoms with van der Waals surface area (Å²) in [6.45, 7) is 36.0. The molecule has 0 radical (unpaired) electrons. The number of hydrogen-bond donors (Lipinski definition) is 0. The Morgan fingerprint density at radius 3 is 1.72 bits per heavy atom. The molecule has 0 spiro atoms. The van der Waals surface area contributed by atoms with Crippen molar-refractivity contribution in [3.8, 4) is 11.1 Å². The standard InChI is InChI=1S/C23H24.C17H20.C8H10.3C2H6/c1-15-9-5-6-10-17(15)19-14-20-18-11-7-8-12-21(18)23(3,4)22(20)13-16(19)2;1-13(2)17(4)10-8-15(9-11-17)16-7-5-6-14(3)12-16;1-7-5-3-4-6-8(7)2;3*1-2/h5-7,9-11,13-14H,8,12H2,1-4H3;5-10,12H,1,11H2,2-4H3;3-6H,1-2H3;3*1-2H3. The van der Waals surface area contributed by atoms with E-state index in [1.165, 1.54) is 85.2 Å². The van der Waals surface area contributed by atoms with Crippen molar-refractivity contribution in [3.63, 3.8) is 0 Å². The zero-order chi connectivity index (χ0) is 40.6. The van der Waals surface area contributed by atoms with E-state index in [9.17, 15) is 0 Å². The zero-order valence-corrected chi connectivity index (χ0v) is 36.8. The number of benzene rings is 4. The Morgan fingerprint density at radius 2 is 1.20 bits per heavy atom. The van der Waals surface area contributed by atoms with Crippen molar-refractivity contribution in [2.45, 2.75) is 129 Å². The van der Waals surface area contributed by atoms with Gasteiger partial charge in [0.05, 0.1) is 0 Å². The lowest BCUT2D eigenvalue weighted by atomic mass is 9.76. The molecule has 1 atom stereocenters. The van der Waals surface area contributed by atoms with Gasteiger partial charge in [0.25, 0.3) is 0 Å². The van der Waals surface area contributed by atoms with Gasteiger partial charge in [-0.2, -0.15) is 0 Å². The fraction of sp³-hybridized carbons (Fsp3) is 0.370. The highest BCUT2D eigenvalue weighted by Gasteiger charge is 2.37. The molecule has 0 saturated heterocycles. The van der Waals surface area contributed by atoms with Gasteiger partial charge in [-0.25, -0.2) is 0 Å². The molecule has 4 aromatic rings. The molecule has 0 aliphatic heterocycles. The fourth-order valence-corrected chi connectivity index (χ4v) is 7.09. The number of aryl methyl sites for hydroxylation is 5. The van der Waals surface area contributed by atoms with Gasteiger partial charge in [0.2, 0.25) is 0 Å². The van der Waals surface area contributed by atoms with Gasteiger partial charge >= 0.3 is 0 Å². The van der Waals surface area contributed by atoms with Gasteiger partial charge < -0.3 is 0 Å². The van der Waals surface area contributed by atoms with E-state index in [0.717, 1.165) is 6.42 Å². The first-order valence-corrected chi connectivity index (χ1v) is 20.6. The predicted octanol–water partition coefficient (Wildman–Crippen LogP) is 16.7. The Kier molecular flexibility index (Phi) is 18.2. The average molecular weight is 721 g/mol. The van der Waals surface area contributed by atoms with Crippen LogP contribution in [0.25, 0.3) is 22.3 Å². The highest BCUT2D eigenvalue weighted by molar-refractivity contribution is 5.89. The van der Waals surface area contributed by atoms with E-state index >= 15 is 0 Å². The number of rotatable bonds is 3. The highest BCUT2D eigenvalue weighted by atomic mass is 14.4. The van der Waals surface area contributed by atoms with Crippen LogP contribution >= 0.6 is 0 Å². The Labute approximate surface area is 332 Å². The van der Waals surface area contributed by atoms with Crippen molar-refractivity contribution >= 4 is 11.1 Å². The number of fused-ring (bicyclic) bond motifs is 2. The van der Waals surface area contributed by atoms with Gasteiger partial charge in [0, 0.05) is 10.8 Å². The average Bonchev–Trinajstić information content (AvgIpc) is 3.41. The second-order valence-corrected chi connectivity index (χ2v) is 14.8. The Hall–Kier alpha value is -4.42. The number of allylic oxidation sites excluding steroid dienone is 9. The van der Waals surface area contributed by atoms with Crippen molar-refractivity contribution < 1.29 is 0 Å². The Bertz CT molecular complexity index is 1930. The first-order chi connectivity index (χ1) is 25.8. The smallest absolute Gasteiger partial charge is 0.0121 e. The molecule has 0 heteroatoms. The van der Waals surface area contributed by atoms with Crippen LogP contribution in [0.2, 0.25) is 0 Å². The van der Waals surface area contributed by atoms with E-state index in [0.29, 0.717) is 0 Å². The van der Waals surface area contributed by atoms with Crippen molar-refractivity contribution in [2.75, 3.05) is 0 Å². The van der Waals surface area contributed by atoms with Gasteiger partial charge in [-0.05, 0) is 128 Å². The summed E-state index contributed by atoms with van der Waals surface area (Å²) in [6, 6.07) is 30.6. The molecule has 0 aromatic heterocycles. The van der Waals surface area contributed by atoms with E-state index < -0.39 is 0 Å². The Morgan fingerprint density at radius 1 is 0.611 bits per heavy atom. The van der Waals surface area contributed by atoms with Crippen molar-refractivity contribution in [3.05, 3.63) is 178 Å². The summed E-state index contributed by atoms with van der Waals surface area (Å²) in [6.07, 6.45) is 14.9. The van der Waals surface area contributed by atoms with Gasteiger partial charge in [-0.1, -0.05) is 195 Å². The molecule has 0 amide bonds. The monoisotopic (exact) mass is 721 g/mol. The highest BCUT2D eigenvalue weighted by Crippen LogP contribution is 2.51. The van der Waals surface area contributed by atoms with E-state index in [1.54, 1.807) is 5.57 Å². The summed E-state index contributed by atoms with van der Waals surface area (Å²) < 4.78 is 0. The molecule has 3 aliphatic rings. The maximum Gasteiger partial charge on any atom is 0.0121 e. The van der Waals surface area contributed by atoms with E-state index in [2.05, 4.69) is 184 Å². The van der Waals surface area contributed by atoms with Gasteiger partial charge in [0.1, 0.15) is 0 Å². The first kappa shape index (κ1) is 45.7. The molecule has 1 unspecified atom stereocenters. The van der Waals surface area contributed by atoms with Crippen LogP contribution in [0, 0.1) is 40.0 Å². The molecule has 0 bridgehead atoms. The molecule has 0 heterocycles. The van der Waals surface area contributed by atoms with Crippen molar-refractivity contribution in [1.82, 2.24) is 0 Å². The molecule has 54 heavy (non-hydrogen) atoms. The summed E-state index contributed by atoms with van der Waals surface area (Å²) in [4.78, 5) is 0. The molecule has 0 N–H and O–H groups in total. The maximum atomic E-state index is 4.08. The third kappa shape index (κ3) is 11.1. The SMILES string of the molecule is C=C(C)C1(C)C=CC(c2cccc(C)c2)=CC1.CC.CC.CC.Cc1ccccc1-c1cc2c(cc1C)C(C)(C)C1=C2C=CCC1.Cc1ccccc1C. The summed E-state index contributed by atoms with van der Waals surface area (Å²) in [5.74, 6) is 0. The summed E-state index contributed by atoms with van der Waals surface area (Å²) in [5, 5.41) is 0. The van der Waals surface area contributed by atoms with Crippen LogP contribution in [-0.2, 0) is 5.41 Å². The fourth-order valence-electron chi connectivity index (χ4n) is 7.09. The van der Waals surface area contributed by atoms with Crippen molar-refractivity contribution in [2.24, 2.45) is 5.41 Å². The van der Waals surface area contributed by atoms with Crippen molar-refractivity contribution in [1.29, 1.82) is 0 Å². The summed E-state index contributed by atoms with van der Waals surface area (Å²) >= 11 is 0. The number of hydrogen-bond acceptors (Lipinski definition) is 0. The minimum Gasteiger partial charge on any atom is -0.0993 e. The van der Waals surface area contributed by atoms with Crippen LogP contribution in [0.1, 0.15) is 133 Å². The van der Waals surface area contributed by atoms with E-state index in [-0.39, 0.29) is 10.8 Å². The third-order valence-corrected chi connectivity index (χ3v) is 10.8. The van der Waals surface area contributed by atoms with Crippen LogP contribution in [0.4, 0.5) is 0 Å². The molecule has 288 valence electrons. The molecule has 0 saturated carbocycles. The van der Waals surface area contributed by atoms with Crippen LogP contribution in [0.5, 0.6) is 0 Å². The van der Waals surface area contributed by atoms with E-state index in [4.69, 9.17) is 0 Å². The van der Waals surface area contributed by atoms with Gasteiger partial charge in [0.15, 0.2) is 0 Å². The Balaban J connectivity index is 0.000000285. The minimum absolute atomic E-state index is 0.132. The normalized spacial score (nSPS) is 16.8. The molecule has 7 rings (SSSR count). The summed E-state index contributed by atoms with van der Waals surface area (Å²) in [5.41, 5.74) is 19.7. The molecule has 0 fully saturated rings. The van der Waals surface area contributed by atoms with Crippen LogP contribution < -0.4 is 0 Å². The third-order valence-electron chi connectivity index (χ3n) is 10.8. The van der Waals surface area contributed by atoms with Gasteiger partial charge in [-0.3, -0.25) is 0 Å². The second-order valence-electron chi connectivity index (χ2n) is 14.8. The van der Waals surface area contributed by atoms with Crippen LogP contribution in [0.15, 0.2) is 133 Å². The molecular formula is C54H72. The molecule has 0 nitrogen and oxygen atoms in total. The van der Waals surface area contributed by atoms with Gasteiger partial charge in [-0.15, -0.1) is 0 Å². The van der Waals surface area contributed by atoms with E-state index in [1.807, 2.05) is 41.5 Å². The largest absolute Gasteiger partial charge is 0.0993 e. The zero-order valence-electron chi connectivity index (χ0n) is 36.8. The molecule has 3 aliphatic carbocycles. The van der Waals surface area contributed by atoms with Crippen LogP contribution in [-0.4, -0.2) is 0 Å². The first-order valence-electron chi connectivity index (χ1n) is 20.6.